The van der Waals surface area contributed by atoms with Crippen LogP contribution in [0.4, 0.5) is 0 Å². The first kappa shape index (κ1) is 21.3. The molecule has 5 heteroatoms. The van der Waals surface area contributed by atoms with Crippen LogP contribution >= 0.6 is 11.8 Å². The summed E-state index contributed by atoms with van der Waals surface area (Å²) in [4.78, 5) is 12.9. The Balaban J connectivity index is 1.50. The zero-order valence-corrected chi connectivity index (χ0v) is 19.2. The molecule has 0 N–H and O–H groups in total. The quantitative estimate of drug-likeness (QED) is 0.259. The predicted molar refractivity (Wildman–Crippen MR) is 129 cm³/mol. The van der Waals surface area contributed by atoms with Gasteiger partial charge in [0.2, 0.25) is 0 Å². The van der Waals surface area contributed by atoms with Crippen LogP contribution in [0.5, 0.6) is 0 Å². The molecule has 0 saturated heterocycles. The van der Waals surface area contributed by atoms with Crippen molar-refractivity contribution in [1.29, 1.82) is 0 Å². The summed E-state index contributed by atoms with van der Waals surface area (Å²) in [5, 5.41) is 11.6. The lowest BCUT2D eigenvalue weighted by atomic mass is 10.0. The van der Waals surface area contributed by atoms with E-state index >= 15 is 0 Å². The van der Waals surface area contributed by atoms with Crippen molar-refractivity contribution in [1.82, 2.24) is 14.8 Å². The molecule has 1 atom stereocenters. The van der Waals surface area contributed by atoms with E-state index in [9.17, 15) is 4.79 Å². The van der Waals surface area contributed by atoms with Gasteiger partial charge in [-0.3, -0.25) is 4.79 Å². The molecule has 4 aromatic rings. The maximum atomic E-state index is 12.9. The van der Waals surface area contributed by atoms with E-state index in [0.29, 0.717) is 5.92 Å². The van der Waals surface area contributed by atoms with Crippen LogP contribution in [-0.2, 0) is 13.5 Å². The minimum absolute atomic E-state index is 0.108. The molecule has 0 radical (unpaired) electrons. The number of hydrogen-bond acceptors (Lipinski definition) is 4. The third kappa shape index (κ3) is 4.72. The highest BCUT2D eigenvalue weighted by molar-refractivity contribution is 8.00. The molecule has 0 aliphatic carbocycles. The van der Waals surface area contributed by atoms with Gasteiger partial charge in [-0.25, -0.2) is 0 Å². The lowest BCUT2D eigenvalue weighted by molar-refractivity contribution is 0.0994. The van der Waals surface area contributed by atoms with E-state index in [1.807, 2.05) is 42.8 Å². The van der Waals surface area contributed by atoms with Gasteiger partial charge in [0, 0.05) is 18.2 Å². The summed E-state index contributed by atoms with van der Waals surface area (Å²) in [6, 6.07) is 22.5. The van der Waals surface area contributed by atoms with Crippen molar-refractivity contribution in [3.63, 3.8) is 0 Å². The van der Waals surface area contributed by atoms with Crippen LogP contribution < -0.4 is 0 Å². The molecule has 0 aliphatic heterocycles. The minimum atomic E-state index is -0.247. The van der Waals surface area contributed by atoms with Gasteiger partial charge < -0.3 is 4.57 Å². The Morgan fingerprint density at radius 3 is 2.35 bits per heavy atom. The molecule has 0 fully saturated rings. The zero-order valence-electron chi connectivity index (χ0n) is 18.4. The average Bonchev–Trinajstić information content (AvgIpc) is 3.13. The van der Waals surface area contributed by atoms with Crippen LogP contribution in [0, 0.1) is 5.92 Å². The fourth-order valence-electron chi connectivity index (χ4n) is 3.72. The van der Waals surface area contributed by atoms with Gasteiger partial charge in [-0.2, -0.15) is 0 Å². The Kier molecular flexibility index (Phi) is 6.23. The van der Waals surface area contributed by atoms with Gasteiger partial charge in [0.25, 0.3) is 0 Å². The number of fused-ring (bicyclic) bond motifs is 1. The molecule has 158 valence electrons. The molecule has 0 spiro atoms. The van der Waals surface area contributed by atoms with E-state index in [2.05, 4.69) is 66.5 Å². The second-order valence-electron chi connectivity index (χ2n) is 8.35. The molecule has 0 saturated carbocycles. The molecule has 31 heavy (non-hydrogen) atoms. The minimum Gasteiger partial charge on any atom is -0.305 e. The normalized spacial score (nSPS) is 12.4. The van der Waals surface area contributed by atoms with Gasteiger partial charge in [0.15, 0.2) is 16.8 Å². The van der Waals surface area contributed by atoms with Crippen LogP contribution in [0.3, 0.4) is 0 Å². The Morgan fingerprint density at radius 1 is 0.935 bits per heavy atom. The number of Topliss-reactive ketones (excluding diaryl/α,β-unsaturated/α-hetero) is 1. The number of carbonyl (C=O) groups excluding carboxylic acids is 1. The van der Waals surface area contributed by atoms with Gasteiger partial charge in [0.05, 0.1) is 5.25 Å². The number of nitrogens with zero attached hydrogens (tertiary/aromatic N) is 3. The summed E-state index contributed by atoms with van der Waals surface area (Å²) in [6.07, 6.45) is 1.02. The van der Waals surface area contributed by atoms with Crippen molar-refractivity contribution in [2.24, 2.45) is 13.0 Å². The van der Waals surface area contributed by atoms with Crippen LogP contribution in [0.15, 0.2) is 71.9 Å². The molecular weight excluding hydrogens is 402 g/mol. The molecule has 1 heterocycles. The van der Waals surface area contributed by atoms with Crippen molar-refractivity contribution in [2.45, 2.75) is 37.6 Å². The second kappa shape index (κ2) is 9.06. The number of thioether (sulfide) groups is 1. The first-order chi connectivity index (χ1) is 14.9. The molecule has 4 nitrogen and oxygen atoms in total. The Labute approximate surface area is 187 Å². The number of rotatable bonds is 7. The van der Waals surface area contributed by atoms with Crippen molar-refractivity contribution < 1.29 is 4.79 Å². The first-order valence-electron chi connectivity index (χ1n) is 10.6. The van der Waals surface area contributed by atoms with Crippen molar-refractivity contribution in [3.05, 3.63) is 77.9 Å². The summed E-state index contributed by atoms with van der Waals surface area (Å²) in [7, 11) is 1.95. The standard InChI is InChI=1S/C26H27N3OS/c1-17(2)15-19-9-11-21(12-10-19)24(30)18(3)31-26-28-27-25(29(26)4)23-14-13-20-7-5-6-8-22(20)16-23/h5-14,16-18H,15H2,1-4H3/t18-/m0/s1. The highest BCUT2D eigenvalue weighted by Gasteiger charge is 2.20. The third-order valence-corrected chi connectivity index (χ3v) is 6.51. The van der Waals surface area contributed by atoms with Gasteiger partial charge in [-0.15, -0.1) is 10.2 Å². The van der Waals surface area contributed by atoms with Gasteiger partial charge in [-0.05, 0) is 41.7 Å². The maximum Gasteiger partial charge on any atom is 0.191 e. The Morgan fingerprint density at radius 2 is 1.65 bits per heavy atom. The summed E-state index contributed by atoms with van der Waals surface area (Å²) < 4.78 is 1.96. The molecule has 0 amide bonds. The lowest BCUT2D eigenvalue weighted by Crippen LogP contribution is -2.14. The fourth-order valence-corrected chi connectivity index (χ4v) is 4.61. The van der Waals surface area contributed by atoms with Crippen LogP contribution in [0.2, 0.25) is 0 Å². The van der Waals surface area contributed by atoms with Crippen LogP contribution in [0.25, 0.3) is 22.2 Å². The van der Waals surface area contributed by atoms with E-state index in [1.165, 1.54) is 28.1 Å². The lowest BCUT2D eigenvalue weighted by Gasteiger charge is -2.11. The maximum absolute atomic E-state index is 12.9. The largest absolute Gasteiger partial charge is 0.305 e. The molecule has 3 aromatic carbocycles. The third-order valence-electron chi connectivity index (χ3n) is 5.38. The predicted octanol–water partition coefficient (Wildman–Crippen LogP) is 6.20. The average molecular weight is 430 g/mol. The zero-order chi connectivity index (χ0) is 22.0. The molecule has 0 unspecified atom stereocenters. The summed E-state index contributed by atoms with van der Waals surface area (Å²) in [6.45, 7) is 6.33. The second-order valence-corrected chi connectivity index (χ2v) is 9.65. The molecule has 0 aliphatic rings. The molecule has 0 bridgehead atoms. The van der Waals surface area contributed by atoms with E-state index in [-0.39, 0.29) is 11.0 Å². The number of hydrogen-bond donors (Lipinski definition) is 0. The number of benzene rings is 3. The van der Waals surface area contributed by atoms with Crippen LogP contribution in [-0.4, -0.2) is 25.8 Å². The first-order valence-corrected chi connectivity index (χ1v) is 11.5. The number of aromatic nitrogens is 3. The summed E-state index contributed by atoms with van der Waals surface area (Å²) >= 11 is 1.45. The van der Waals surface area contributed by atoms with Crippen molar-refractivity contribution >= 4 is 28.3 Å². The van der Waals surface area contributed by atoms with E-state index < -0.39 is 0 Å². The molecule has 1 aromatic heterocycles. The smallest absolute Gasteiger partial charge is 0.191 e. The SMILES string of the molecule is CC(C)Cc1ccc(C(=O)[C@H](C)Sc2nnc(-c3ccc4ccccc4c3)n2C)cc1. The fraction of sp³-hybridized carbons (Fsp3) is 0.269. The highest BCUT2D eigenvalue weighted by atomic mass is 32.2. The van der Waals surface area contributed by atoms with Crippen molar-refractivity contribution in [3.8, 4) is 11.4 Å². The topological polar surface area (TPSA) is 47.8 Å². The van der Waals surface area contributed by atoms with Gasteiger partial charge >= 0.3 is 0 Å². The van der Waals surface area contributed by atoms with Gasteiger partial charge in [0.1, 0.15) is 0 Å². The van der Waals surface area contributed by atoms with E-state index in [0.717, 1.165) is 28.5 Å². The highest BCUT2D eigenvalue weighted by Crippen LogP contribution is 2.29. The Bertz CT molecular complexity index is 1210. The Hall–Kier alpha value is -2.92. The van der Waals surface area contributed by atoms with Gasteiger partial charge in [-0.1, -0.05) is 86.3 Å². The molecular formula is C26H27N3OS. The van der Waals surface area contributed by atoms with Crippen LogP contribution in [0.1, 0.15) is 36.7 Å². The van der Waals surface area contributed by atoms with E-state index in [1.54, 1.807) is 0 Å². The number of ketones is 1. The van der Waals surface area contributed by atoms with E-state index in [4.69, 9.17) is 0 Å². The monoisotopic (exact) mass is 429 g/mol. The number of carbonyl (C=O) groups is 1. The van der Waals surface area contributed by atoms with Crippen molar-refractivity contribution in [2.75, 3.05) is 0 Å². The molecule has 4 rings (SSSR count). The summed E-state index contributed by atoms with van der Waals surface area (Å²) in [5.41, 5.74) is 3.02. The summed E-state index contributed by atoms with van der Waals surface area (Å²) in [5.74, 6) is 1.51.